The van der Waals surface area contributed by atoms with Gasteiger partial charge in [0.15, 0.2) is 6.10 Å². The van der Waals surface area contributed by atoms with Gasteiger partial charge in [-0.3, -0.25) is 14.4 Å². The minimum Gasteiger partial charge on any atom is -0.462 e. The van der Waals surface area contributed by atoms with Crippen LogP contribution in [0.15, 0.2) is 36.5 Å². The molecule has 0 aromatic rings. The monoisotopic (exact) mass is 941 g/mol. The van der Waals surface area contributed by atoms with Crippen molar-refractivity contribution in [1.29, 1.82) is 0 Å². The topological polar surface area (TPSA) is 78.9 Å². The first kappa shape index (κ1) is 64.6. The van der Waals surface area contributed by atoms with E-state index >= 15 is 0 Å². The summed E-state index contributed by atoms with van der Waals surface area (Å²) in [7, 11) is 0. The lowest BCUT2D eigenvalue weighted by atomic mass is 10.0. The van der Waals surface area contributed by atoms with Crippen molar-refractivity contribution in [3.8, 4) is 0 Å². The Balaban J connectivity index is 4.36. The summed E-state index contributed by atoms with van der Waals surface area (Å²) >= 11 is 0. The van der Waals surface area contributed by atoms with Crippen molar-refractivity contribution >= 4 is 17.9 Å². The number of carbonyl (C=O) groups excluding carboxylic acids is 3. The predicted molar refractivity (Wildman–Crippen MR) is 289 cm³/mol. The van der Waals surface area contributed by atoms with Crippen LogP contribution < -0.4 is 0 Å². The van der Waals surface area contributed by atoms with Crippen LogP contribution in [0.4, 0.5) is 0 Å². The summed E-state index contributed by atoms with van der Waals surface area (Å²) in [4.78, 5) is 38.2. The van der Waals surface area contributed by atoms with Crippen LogP contribution in [-0.2, 0) is 28.6 Å². The third-order valence-electron chi connectivity index (χ3n) is 13.1. The van der Waals surface area contributed by atoms with Gasteiger partial charge in [0, 0.05) is 19.3 Å². The van der Waals surface area contributed by atoms with E-state index in [-0.39, 0.29) is 31.1 Å². The van der Waals surface area contributed by atoms with E-state index in [1.54, 1.807) is 0 Å². The number of ether oxygens (including phenoxy) is 3. The van der Waals surface area contributed by atoms with Crippen molar-refractivity contribution in [1.82, 2.24) is 0 Å². The van der Waals surface area contributed by atoms with Crippen LogP contribution in [0, 0.1) is 0 Å². The molecule has 0 saturated carbocycles. The number of rotatable bonds is 54. The summed E-state index contributed by atoms with van der Waals surface area (Å²) in [6.45, 7) is 6.64. The average molecular weight is 942 g/mol. The van der Waals surface area contributed by atoms with E-state index in [4.69, 9.17) is 14.2 Å². The van der Waals surface area contributed by atoms with Gasteiger partial charge in [-0.1, -0.05) is 256 Å². The van der Waals surface area contributed by atoms with Crippen LogP contribution in [0.25, 0.3) is 0 Å². The first-order valence-corrected chi connectivity index (χ1v) is 29.5. The molecule has 6 nitrogen and oxygen atoms in total. The van der Waals surface area contributed by atoms with E-state index in [1.807, 2.05) is 0 Å². The molecule has 1 unspecified atom stereocenters. The Morgan fingerprint density at radius 3 is 0.866 bits per heavy atom. The van der Waals surface area contributed by atoms with Crippen molar-refractivity contribution < 1.29 is 28.6 Å². The summed E-state index contributed by atoms with van der Waals surface area (Å²) in [6, 6.07) is 0. The minimum absolute atomic E-state index is 0.0754. The summed E-state index contributed by atoms with van der Waals surface area (Å²) in [6.07, 6.45) is 67.0. The molecule has 0 N–H and O–H groups in total. The first-order chi connectivity index (χ1) is 33.0. The zero-order valence-corrected chi connectivity index (χ0v) is 44.9. The second kappa shape index (κ2) is 56.2. The fraction of sp³-hybridized carbons (Fsp3) is 0.852. The van der Waals surface area contributed by atoms with Gasteiger partial charge in [-0.05, 0) is 77.0 Å². The predicted octanol–water partition coefficient (Wildman–Crippen LogP) is 19.7. The van der Waals surface area contributed by atoms with Crippen molar-refractivity contribution in [3.63, 3.8) is 0 Å². The number of allylic oxidation sites excluding steroid dienone is 6. The third kappa shape index (κ3) is 54.4. The molecule has 0 spiro atoms. The fourth-order valence-electron chi connectivity index (χ4n) is 8.65. The maximum atomic E-state index is 12.9. The molecule has 0 amide bonds. The molecule has 0 aliphatic carbocycles. The summed E-state index contributed by atoms with van der Waals surface area (Å²) in [5.41, 5.74) is 0. The van der Waals surface area contributed by atoms with Gasteiger partial charge in [0.1, 0.15) is 13.2 Å². The molecule has 0 aromatic heterocycles. The SMILES string of the molecule is CCCCC/C=C\C/C=C\CCCCCCCC(=O)OCC(COC(=O)CCCCCCCCC/C=C\CCCCCCCC)OC(=O)CCCCCCCCCCCCCCCCCCC. The maximum absolute atomic E-state index is 12.9. The van der Waals surface area contributed by atoms with E-state index in [9.17, 15) is 14.4 Å². The van der Waals surface area contributed by atoms with E-state index in [0.29, 0.717) is 19.3 Å². The molecule has 6 heteroatoms. The molecule has 392 valence electrons. The Kier molecular flexibility index (Phi) is 54.2. The molecule has 0 fully saturated rings. The maximum Gasteiger partial charge on any atom is 0.306 e. The van der Waals surface area contributed by atoms with Crippen LogP contribution in [0.1, 0.15) is 316 Å². The van der Waals surface area contributed by atoms with Crippen LogP contribution in [0.3, 0.4) is 0 Å². The van der Waals surface area contributed by atoms with Gasteiger partial charge in [0.2, 0.25) is 0 Å². The van der Waals surface area contributed by atoms with E-state index in [2.05, 4.69) is 57.2 Å². The Morgan fingerprint density at radius 1 is 0.299 bits per heavy atom. The lowest BCUT2D eigenvalue weighted by molar-refractivity contribution is -0.167. The molecule has 0 aliphatic heterocycles. The average Bonchev–Trinajstić information content (AvgIpc) is 3.33. The first-order valence-electron chi connectivity index (χ1n) is 29.5. The van der Waals surface area contributed by atoms with Crippen LogP contribution >= 0.6 is 0 Å². The molecule has 1 atom stereocenters. The Labute approximate surface area is 416 Å². The quantitative estimate of drug-likeness (QED) is 0.0262. The van der Waals surface area contributed by atoms with E-state index in [0.717, 1.165) is 77.0 Å². The second-order valence-corrected chi connectivity index (χ2v) is 19.9. The van der Waals surface area contributed by atoms with Gasteiger partial charge in [0.05, 0.1) is 0 Å². The smallest absolute Gasteiger partial charge is 0.306 e. The zero-order chi connectivity index (χ0) is 48.6. The molecule has 0 saturated heterocycles. The Bertz CT molecular complexity index is 1130. The normalized spacial score (nSPS) is 12.2. The van der Waals surface area contributed by atoms with Gasteiger partial charge >= 0.3 is 17.9 Å². The molecule has 0 rings (SSSR count). The van der Waals surface area contributed by atoms with E-state index < -0.39 is 6.10 Å². The Hall–Kier alpha value is -2.37. The van der Waals surface area contributed by atoms with Crippen molar-refractivity contribution in [2.24, 2.45) is 0 Å². The highest BCUT2D eigenvalue weighted by Crippen LogP contribution is 2.16. The summed E-state index contributed by atoms with van der Waals surface area (Å²) in [5.74, 6) is -0.874. The Morgan fingerprint density at radius 2 is 0.537 bits per heavy atom. The molecule has 0 bridgehead atoms. The molecular weight excluding hydrogens is 829 g/mol. The molecule has 0 heterocycles. The van der Waals surface area contributed by atoms with Crippen LogP contribution in [0.2, 0.25) is 0 Å². The summed E-state index contributed by atoms with van der Waals surface area (Å²) < 4.78 is 16.9. The second-order valence-electron chi connectivity index (χ2n) is 19.9. The number of esters is 3. The molecule has 0 aromatic carbocycles. The number of hydrogen-bond donors (Lipinski definition) is 0. The van der Waals surface area contributed by atoms with Crippen LogP contribution in [0.5, 0.6) is 0 Å². The number of carbonyl (C=O) groups is 3. The van der Waals surface area contributed by atoms with Gasteiger partial charge in [-0.2, -0.15) is 0 Å². The van der Waals surface area contributed by atoms with Gasteiger partial charge in [0.25, 0.3) is 0 Å². The molecule has 0 radical (unpaired) electrons. The third-order valence-corrected chi connectivity index (χ3v) is 13.1. The number of hydrogen-bond acceptors (Lipinski definition) is 6. The highest BCUT2D eigenvalue weighted by Gasteiger charge is 2.19. The molecular formula is C61H112O6. The zero-order valence-electron chi connectivity index (χ0n) is 44.9. The lowest BCUT2D eigenvalue weighted by Crippen LogP contribution is -2.30. The van der Waals surface area contributed by atoms with Gasteiger partial charge < -0.3 is 14.2 Å². The van der Waals surface area contributed by atoms with Gasteiger partial charge in [-0.15, -0.1) is 0 Å². The van der Waals surface area contributed by atoms with Crippen molar-refractivity contribution in [2.45, 2.75) is 322 Å². The van der Waals surface area contributed by atoms with E-state index in [1.165, 1.54) is 199 Å². The number of unbranched alkanes of at least 4 members (excludes halogenated alkanes) is 37. The highest BCUT2D eigenvalue weighted by atomic mass is 16.6. The van der Waals surface area contributed by atoms with Crippen molar-refractivity contribution in [2.75, 3.05) is 13.2 Å². The minimum atomic E-state index is -0.777. The van der Waals surface area contributed by atoms with Crippen LogP contribution in [-0.4, -0.2) is 37.2 Å². The lowest BCUT2D eigenvalue weighted by Gasteiger charge is -2.18. The highest BCUT2D eigenvalue weighted by molar-refractivity contribution is 5.71. The molecule has 67 heavy (non-hydrogen) atoms. The summed E-state index contributed by atoms with van der Waals surface area (Å²) in [5, 5.41) is 0. The molecule has 0 aliphatic rings. The standard InChI is InChI=1S/C61H112O6/c1-4-7-10-13-16-19-22-25-28-30-33-36-39-42-45-48-51-54-60(63)66-57-58(56-65-59(62)53-50-47-44-41-38-35-32-27-24-21-18-15-12-9-6-3)67-61(64)55-52-49-46-43-40-37-34-31-29-26-23-20-17-14-11-8-5-2/h18,21,25,27-28,32,58H,4-17,19-20,22-24,26,29-31,33-57H2,1-3H3/b21-18-,28-25-,32-27-. The fourth-order valence-corrected chi connectivity index (χ4v) is 8.65. The largest absolute Gasteiger partial charge is 0.462 e. The van der Waals surface area contributed by atoms with Gasteiger partial charge in [-0.25, -0.2) is 0 Å². The van der Waals surface area contributed by atoms with Crippen molar-refractivity contribution in [3.05, 3.63) is 36.5 Å².